The minimum Gasteiger partial charge on any atom is -0.506 e. The summed E-state index contributed by atoms with van der Waals surface area (Å²) in [5, 5.41) is 18.5. The molecular formula is C17H15ClN4O3. The molecule has 0 unspecified atom stereocenters. The Morgan fingerprint density at radius 2 is 2.16 bits per heavy atom. The molecule has 3 rings (SSSR count). The van der Waals surface area contributed by atoms with Crippen LogP contribution in [0.4, 0.5) is 11.5 Å². The summed E-state index contributed by atoms with van der Waals surface area (Å²) in [6, 6.07) is 9.93. The third-order valence-electron chi connectivity index (χ3n) is 3.38. The number of imidazole rings is 1. The fraction of sp³-hybridized carbons (Fsp3) is 0.176. The molecule has 0 aliphatic carbocycles. The van der Waals surface area contributed by atoms with Gasteiger partial charge < -0.3 is 9.84 Å². The van der Waals surface area contributed by atoms with Crippen molar-refractivity contribution in [1.82, 2.24) is 9.38 Å². The summed E-state index contributed by atoms with van der Waals surface area (Å²) in [6.45, 7) is 2.03. The van der Waals surface area contributed by atoms with Gasteiger partial charge in [-0.2, -0.15) is 0 Å². The number of carbonyl (C=O) groups is 1. The third-order valence-corrected chi connectivity index (χ3v) is 3.62. The van der Waals surface area contributed by atoms with E-state index in [1.165, 1.54) is 12.1 Å². The van der Waals surface area contributed by atoms with Gasteiger partial charge in [0, 0.05) is 11.2 Å². The van der Waals surface area contributed by atoms with Crippen molar-refractivity contribution >= 4 is 34.7 Å². The normalized spacial score (nSPS) is 11.3. The number of rotatable bonds is 5. The van der Waals surface area contributed by atoms with Gasteiger partial charge in [0.25, 0.3) is 0 Å². The van der Waals surface area contributed by atoms with Crippen LogP contribution in [0, 0.1) is 0 Å². The van der Waals surface area contributed by atoms with Gasteiger partial charge in [0.2, 0.25) is 0 Å². The maximum Gasteiger partial charge on any atom is 0.312 e. The summed E-state index contributed by atoms with van der Waals surface area (Å²) in [6.07, 6.45) is 1.74. The van der Waals surface area contributed by atoms with Crippen molar-refractivity contribution in [3.63, 3.8) is 0 Å². The second kappa shape index (κ2) is 7.31. The maximum absolute atomic E-state index is 11.8. The Morgan fingerprint density at radius 3 is 2.96 bits per heavy atom. The molecule has 1 aromatic carbocycles. The van der Waals surface area contributed by atoms with Crippen LogP contribution in [0.15, 0.2) is 52.8 Å². The topological polar surface area (TPSA) is 88.5 Å². The van der Waals surface area contributed by atoms with Gasteiger partial charge in [-0.05, 0) is 37.3 Å². The molecule has 8 heteroatoms. The molecule has 0 spiro atoms. The zero-order chi connectivity index (χ0) is 17.8. The molecule has 0 bridgehead atoms. The fourth-order valence-electron chi connectivity index (χ4n) is 2.28. The minimum atomic E-state index is -0.395. The van der Waals surface area contributed by atoms with E-state index in [1.54, 1.807) is 29.7 Å². The molecule has 2 aromatic heterocycles. The summed E-state index contributed by atoms with van der Waals surface area (Å²) in [7, 11) is 0. The number of halogens is 1. The van der Waals surface area contributed by atoms with Crippen LogP contribution in [0.25, 0.3) is 5.65 Å². The number of phenolic OH excluding ortho intramolecular Hbond substituents is 1. The summed E-state index contributed by atoms with van der Waals surface area (Å²) in [5.74, 6) is -0.0510. The first-order valence-corrected chi connectivity index (χ1v) is 7.98. The largest absolute Gasteiger partial charge is 0.506 e. The molecule has 7 nitrogen and oxygen atoms in total. The van der Waals surface area contributed by atoms with E-state index in [2.05, 4.69) is 15.2 Å². The van der Waals surface area contributed by atoms with Crippen molar-refractivity contribution in [2.75, 3.05) is 6.61 Å². The smallest absolute Gasteiger partial charge is 0.312 e. The second-order valence-electron chi connectivity index (χ2n) is 5.13. The number of esters is 1. The molecule has 0 aliphatic rings. The Morgan fingerprint density at radius 1 is 1.32 bits per heavy atom. The minimum absolute atomic E-state index is 0.0224. The number of fused-ring (bicyclic) bond motifs is 1. The zero-order valence-electron chi connectivity index (χ0n) is 13.4. The highest BCUT2D eigenvalue weighted by Crippen LogP contribution is 2.32. The molecule has 3 aromatic rings. The Bertz CT molecular complexity index is 952. The highest BCUT2D eigenvalue weighted by atomic mass is 35.5. The Kier molecular flexibility index (Phi) is 4.95. The molecule has 0 saturated carbocycles. The van der Waals surface area contributed by atoms with E-state index in [4.69, 9.17) is 16.3 Å². The van der Waals surface area contributed by atoms with Crippen LogP contribution in [0.5, 0.6) is 5.75 Å². The summed E-state index contributed by atoms with van der Waals surface area (Å²) in [4.78, 5) is 16.2. The Labute approximate surface area is 148 Å². The fourth-order valence-corrected chi connectivity index (χ4v) is 2.45. The predicted molar refractivity (Wildman–Crippen MR) is 92.8 cm³/mol. The Balaban J connectivity index is 2.02. The molecule has 128 valence electrons. The van der Waals surface area contributed by atoms with Gasteiger partial charge in [0.15, 0.2) is 5.82 Å². The number of aromatic nitrogens is 2. The Hall–Kier alpha value is -2.93. The predicted octanol–water partition coefficient (Wildman–Crippen LogP) is 4.21. The molecule has 0 saturated heterocycles. The van der Waals surface area contributed by atoms with Gasteiger partial charge in [0.05, 0.1) is 18.7 Å². The van der Waals surface area contributed by atoms with Gasteiger partial charge >= 0.3 is 5.97 Å². The lowest BCUT2D eigenvalue weighted by molar-refractivity contribution is -0.142. The first kappa shape index (κ1) is 16.9. The first-order valence-electron chi connectivity index (χ1n) is 7.60. The van der Waals surface area contributed by atoms with Gasteiger partial charge in [-0.1, -0.05) is 17.7 Å². The van der Waals surface area contributed by atoms with E-state index >= 15 is 0 Å². The quantitative estimate of drug-likeness (QED) is 0.546. The second-order valence-corrected chi connectivity index (χ2v) is 5.56. The number of phenols is 1. The first-order chi connectivity index (χ1) is 12.1. The van der Waals surface area contributed by atoms with E-state index in [0.717, 1.165) is 0 Å². The molecule has 2 heterocycles. The van der Waals surface area contributed by atoms with Crippen LogP contribution < -0.4 is 0 Å². The lowest BCUT2D eigenvalue weighted by Crippen LogP contribution is -2.07. The molecule has 1 N–H and O–H groups in total. The third kappa shape index (κ3) is 3.77. The number of carbonyl (C=O) groups excluding carboxylic acids is 1. The lowest BCUT2D eigenvalue weighted by atomic mass is 10.3. The van der Waals surface area contributed by atoms with Crippen LogP contribution in [-0.2, 0) is 16.0 Å². The highest BCUT2D eigenvalue weighted by Gasteiger charge is 2.16. The van der Waals surface area contributed by atoms with E-state index in [0.29, 0.717) is 28.8 Å². The zero-order valence-corrected chi connectivity index (χ0v) is 14.1. The van der Waals surface area contributed by atoms with E-state index < -0.39 is 5.97 Å². The number of pyridine rings is 1. The van der Waals surface area contributed by atoms with Crippen molar-refractivity contribution < 1.29 is 14.6 Å². The summed E-state index contributed by atoms with van der Waals surface area (Å²) in [5.41, 5.74) is 1.29. The molecule has 0 aliphatic heterocycles. The monoisotopic (exact) mass is 358 g/mol. The van der Waals surface area contributed by atoms with Crippen LogP contribution in [0.2, 0.25) is 5.02 Å². The SMILES string of the molecule is CCOC(=O)Cc1nc2ccccn2c1N=Nc1cc(Cl)ccc1O. The molecule has 0 amide bonds. The van der Waals surface area contributed by atoms with Crippen LogP contribution in [-0.4, -0.2) is 27.1 Å². The summed E-state index contributed by atoms with van der Waals surface area (Å²) >= 11 is 5.92. The van der Waals surface area contributed by atoms with Crippen LogP contribution >= 0.6 is 11.6 Å². The average molecular weight is 359 g/mol. The van der Waals surface area contributed by atoms with Gasteiger partial charge in [-0.3, -0.25) is 9.20 Å². The number of azo groups is 1. The lowest BCUT2D eigenvalue weighted by Gasteiger charge is -2.01. The molecular weight excluding hydrogens is 344 g/mol. The van der Waals surface area contributed by atoms with E-state index in [-0.39, 0.29) is 17.9 Å². The van der Waals surface area contributed by atoms with E-state index in [9.17, 15) is 9.90 Å². The number of nitrogens with zero attached hydrogens (tertiary/aromatic N) is 4. The number of ether oxygens (including phenoxy) is 1. The van der Waals surface area contributed by atoms with Crippen molar-refractivity contribution in [3.8, 4) is 5.75 Å². The average Bonchev–Trinajstić information content (AvgIpc) is 2.93. The van der Waals surface area contributed by atoms with Crippen molar-refractivity contribution in [3.05, 3.63) is 53.3 Å². The molecule has 0 radical (unpaired) electrons. The van der Waals surface area contributed by atoms with Crippen molar-refractivity contribution in [2.24, 2.45) is 10.2 Å². The highest BCUT2D eigenvalue weighted by molar-refractivity contribution is 6.30. The number of hydrogen-bond acceptors (Lipinski definition) is 6. The molecule has 0 atom stereocenters. The number of benzene rings is 1. The maximum atomic E-state index is 11.8. The number of hydrogen-bond donors (Lipinski definition) is 1. The summed E-state index contributed by atoms with van der Waals surface area (Å²) < 4.78 is 6.68. The van der Waals surface area contributed by atoms with Gasteiger partial charge in [-0.15, -0.1) is 10.2 Å². The number of aromatic hydroxyl groups is 1. The molecule has 0 fully saturated rings. The van der Waals surface area contributed by atoms with Crippen LogP contribution in [0.1, 0.15) is 12.6 Å². The van der Waals surface area contributed by atoms with Gasteiger partial charge in [0.1, 0.15) is 17.1 Å². The van der Waals surface area contributed by atoms with Crippen molar-refractivity contribution in [1.29, 1.82) is 0 Å². The van der Waals surface area contributed by atoms with Crippen LogP contribution in [0.3, 0.4) is 0 Å². The van der Waals surface area contributed by atoms with E-state index in [1.807, 2.05) is 12.1 Å². The standard InChI is InChI=1S/C17H15ClN4O3/c1-2-25-16(24)10-13-17(22-8-4-3-5-15(22)19-13)21-20-12-9-11(18)6-7-14(12)23/h3-9,23H,2,10H2,1H3. The van der Waals surface area contributed by atoms with Gasteiger partial charge in [-0.25, -0.2) is 4.98 Å². The van der Waals surface area contributed by atoms with Crippen molar-refractivity contribution in [2.45, 2.75) is 13.3 Å². The molecule has 25 heavy (non-hydrogen) atoms.